The lowest BCUT2D eigenvalue weighted by Crippen LogP contribution is -2.10. The third-order valence-electron chi connectivity index (χ3n) is 9.04. The van der Waals surface area contributed by atoms with Gasteiger partial charge in [-0.2, -0.15) is 0 Å². The number of rotatable bonds is 5. The molecule has 0 bridgehead atoms. The molecular weight excluding hydrogens is 558 g/mol. The van der Waals surface area contributed by atoms with Gasteiger partial charge in [-0.15, -0.1) is 0 Å². The highest BCUT2D eigenvalue weighted by Crippen LogP contribution is 2.46. The van der Waals surface area contributed by atoms with Crippen molar-refractivity contribution in [2.24, 2.45) is 0 Å². The highest BCUT2D eigenvalue weighted by molar-refractivity contribution is 6.20. The standard InChI is InChI=1S/C44H29NO/c1-2-15-35(16-3-1)45(36-27-25-31(26-28-36)34-24-23-30-11-4-5-13-33(30)29-34)40-20-10-22-42-44(40)43-39(19-9-21-41(43)46-42)38-18-8-14-32-12-6-7-17-37(32)38/h1-29H. The fraction of sp³-hybridized carbons (Fsp3) is 0. The van der Waals surface area contributed by atoms with Gasteiger partial charge in [0.1, 0.15) is 11.2 Å². The summed E-state index contributed by atoms with van der Waals surface area (Å²) in [4.78, 5) is 2.35. The largest absolute Gasteiger partial charge is 0.456 e. The summed E-state index contributed by atoms with van der Waals surface area (Å²) in [5, 5.41) is 7.18. The van der Waals surface area contributed by atoms with Crippen molar-refractivity contribution in [3.63, 3.8) is 0 Å². The van der Waals surface area contributed by atoms with Gasteiger partial charge >= 0.3 is 0 Å². The van der Waals surface area contributed by atoms with Crippen molar-refractivity contribution < 1.29 is 4.42 Å². The van der Waals surface area contributed by atoms with Crippen molar-refractivity contribution in [2.45, 2.75) is 0 Å². The summed E-state index contributed by atoms with van der Waals surface area (Å²) < 4.78 is 6.57. The number of nitrogens with zero attached hydrogens (tertiary/aromatic N) is 1. The van der Waals surface area contributed by atoms with E-state index in [1.807, 2.05) is 0 Å². The molecule has 0 N–H and O–H groups in total. The van der Waals surface area contributed by atoms with Crippen molar-refractivity contribution in [1.82, 2.24) is 0 Å². The van der Waals surface area contributed by atoms with E-state index in [-0.39, 0.29) is 0 Å². The van der Waals surface area contributed by atoms with Crippen molar-refractivity contribution in [2.75, 3.05) is 4.90 Å². The van der Waals surface area contributed by atoms with Crippen LogP contribution < -0.4 is 4.90 Å². The van der Waals surface area contributed by atoms with Crippen LogP contribution in [0.1, 0.15) is 0 Å². The number of furan rings is 1. The second-order valence-electron chi connectivity index (χ2n) is 11.7. The van der Waals surface area contributed by atoms with Crippen LogP contribution in [0, 0.1) is 0 Å². The summed E-state index contributed by atoms with van der Waals surface area (Å²) in [6.45, 7) is 0. The van der Waals surface area contributed by atoms with E-state index in [1.165, 1.54) is 43.8 Å². The quantitative estimate of drug-likeness (QED) is 0.199. The van der Waals surface area contributed by atoms with Gasteiger partial charge in [-0.3, -0.25) is 0 Å². The second kappa shape index (κ2) is 10.8. The number of hydrogen-bond donors (Lipinski definition) is 0. The highest BCUT2D eigenvalue weighted by Gasteiger charge is 2.21. The molecule has 0 amide bonds. The predicted molar refractivity (Wildman–Crippen MR) is 194 cm³/mol. The Hall–Kier alpha value is -6.12. The Morgan fingerprint density at radius 3 is 1.83 bits per heavy atom. The molecule has 0 saturated carbocycles. The molecule has 8 aromatic carbocycles. The highest BCUT2D eigenvalue weighted by atomic mass is 16.3. The normalized spacial score (nSPS) is 11.5. The zero-order valence-electron chi connectivity index (χ0n) is 25.1. The van der Waals surface area contributed by atoms with Crippen LogP contribution in [0.4, 0.5) is 17.1 Å². The molecule has 0 unspecified atom stereocenters. The Balaban J connectivity index is 1.25. The lowest BCUT2D eigenvalue weighted by atomic mass is 9.94. The van der Waals surface area contributed by atoms with Crippen LogP contribution in [-0.4, -0.2) is 0 Å². The first-order chi connectivity index (χ1) is 22.8. The van der Waals surface area contributed by atoms with E-state index in [0.717, 1.165) is 39.0 Å². The minimum absolute atomic E-state index is 0.869. The van der Waals surface area contributed by atoms with Crippen molar-refractivity contribution >= 4 is 60.5 Å². The van der Waals surface area contributed by atoms with Crippen molar-refractivity contribution in [3.05, 3.63) is 176 Å². The van der Waals surface area contributed by atoms with E-state index in [9.17, 15) is 0 Å². The van der Waals surface area contributed by atoms with Crippen LogP contribution in [0.15, 0.2) is 180 Å². The van der Waals surface area contributed by atoms with E-state index in [0.29, 0.717) is 0 Å². The molecule has 0 atom stereocenters. The monoisotopic (exact) mass is 587 g/mol. The molecule has 46 heavy (non-hydrogen) atoms. The number of para-hydroxylation sites is 1. The van der Waals surface area contributed by atoms with Gasteiger partial charge in [0.05, 0.1) is 11.1 Å². The fourth-order valence-electron chi connectivity index (χ4n) is 6.90. The van der Waals surface area contributed by atoms with Gasteiger partial charge in [0.15, 0.2) is 0 Å². The van der Waals surface area contributed by atoms with E-state index < -0.39 is 0 Å². The van der Waals surface area contributed by atoms with Gasteiger partial charge in [-0.25, -0.2) is 0 Å². The molecule has 0 fully saturated rings. The van der Waals surface area contributed by atoms with Gasteiger partial charge in [0, 0.05) is 16.8 Å². The van der Waals surface area contributed by atoms with Crippen LogP contribution in [0.5, 0.6) is 0 Å². The average molecular weight is 588 g/mol. The lowest BCUT2D eigenvalue weighted by Gasteiger charge is -2.26. The summed E-state index contributed by atoms with van der Waals surface area (Å²) in [5.74, 6) is 0. The zero-order valence-corrected chi connectivity index (χ0v) is 25.1. The lowest BCUT2D eigenvalue weighted by molar-refractivity contribution is 0.669. The molecule has 0 radical (unpaired) electrons. The van der Waals surface area contributed by atoms with Crippen LogP contribution in [0.3, 0.4) is 0 Å². The molecule has 2 nitrogen and oxygen atoms in total. The minimum atomic E-state index is 0.869. The first-order valence-corrected chi connectivity index (χ1v) is 15.7. The molecule has 0 aliphatic heterocycles. The molecular formula is C44H29NO. The second-order valence-corrected chi connectivity index (χ2v) is 11.7. The summed E-state index contributed by atoms with van der Waals surface area (Å²) >= 11 is 0. The zero-order chi connectivity index (χ0) is 30.5. The maximum Gasteiger partial charge on any atom is 0.137 e. The van der Waals surface area contributed by atoms with Crippen molar-refractivity contribution in [3.8, 4) is 22.3 Å². The Labute approximate surface area is 267 Å². The number of fused-ring (bicyclic) bond motifs is 5. The molecule has 216 valence electrons. The first kappa shape index (κ1) is 26.3. The molecule has 0 saturated heterocycles. The molecule has 1 heterocycles. The van der Waals surface area contributed by atoms with Gasteiger partial charge in [0.2, 0.25) is 0 Å². The predicted octanol–water partition coefficient (Wildman–Crippen LogP) is 12.7. The summed E-state index contributed by atoms with van der Waals surface area (Å²) in [6, 6.07) is 62.6. The fourth-order valence-corrected chi connectivity index (χ4v) is 6.90. The van der Waals surface area contributed by atoms with Gasteiger partial charge in [0.25, 0.3) is 0 Å². The van der Waals surface area contributed by atoms with Gasteiger partial charge in [-0.1, -0.05) is 127 Å². The summed E-state index contributed by atoms with van der Waals surface area (Å²) in [5.41, 5.74) is 9.76. The SMILES string of the molecule is c1ccc(N(c2ccc(-c3ccc4ccccc4c3)cc2)c2cccc3oc4cccc(-c5cccc6ccccc56)c4c23)cc1. The first-order valence-electron chi connectivity index (χ1n) is 15.7. The van der Waals surface area contributed by atoms with Crippen LogP contribution in [0.2, 0.25) is 0 Å². The molecule has 2 heteroatoms. The maximum absolute atomic E-state index is 6.57. The third kappa shape index (κ3) is 4.35. The average Bonchev–Trinajstić information content (AvgIpc) is 3.52. The Bertz CT molecular complexity index is 2520. The van der Waals surface area contributed by atoms with Crippen molar-refractivity contribution in [1.29, 1.82) is 0 Å². The van der Waals surface area contributed by atoms with Crippen LogP contribution >= 0.6 is 0 Å². The summed E-state index contributed by atoms with van der Waals surface area (Å²) in [6.07, 6.45) is 0. The molecule has 9 rings (SSSR count). The van der Waals surface area contributed by atoms with Crippen LogP contribution in [0.25, 0.3) is 65.7 Å². The Morgan fingerprint density at radius 2 is 0.978 bits per heavy atom. The summed E-state index contributed by atoms with van der Waals surface area (Å²) in [7, 11) is 0. The van der Waals surface area contributed by atoms with Gasteiger partial charge < -0.3 is 9.32 Å². The van der Waals surface area contributed by atoms with E-state index >= 15 is 0 Å². The van der Waals surface area contributed by atoms with E-state index in [2.05, 4.69) is 181 Å². The van der Waals surface area contributed by atoms with Crippen LogP contribution in [-0.2, 0) is 0 Å². The Kier molecular flexibility index (Phi) is 6.17. The topological polar surface area (TPSA) is 16.4 Å². The molecule has 0 spiro atoms. The molecule has 0 aliphatic rings. The Morgan fingerprint density at radius 1 is 0.370 bits per heavy atom. The molecule has 9 aromatic rings. The minimum Gasteiger partial charge on any atom is -0.456 e. The molecule has 1 aromatic heterocycles. The number of benzene rings is 8. The van der Waals surface area contributed by atoms with Gasteiger partial charge in [-0.05, 0) is 92.3 Å². The maximum atomic E-state index is 6.57. The van der Waals surface area contributed by atoms with E-state index in [1.54, 1.807) is 0 Å². The van der Waals surface area contributed by atoms with E-state index in [4.69, 9.17) is 4.42 Å². The third-order valence-corrected chi connectivity index (χ3v) is 9.04. The smallest absolute Gasteiger partial charge is 0.137 e. The number of anilines is 3. The number of hydrogen-bond acceptors (Lipinski definition) is 2. The molecule has 0 aliphatic carbocycles.